The highest BCUT2D eigenvalue weighted by atomic mass is 16.7. The molecule has 0 heterocycles. The maximum absolute atomic E-state index is 13.6. The zero-order valence-corrected chi connectivity index (χ0v) is 28.3. The van der Waals surface area contributed by atoms with E-state index in [4.69, 9.17) is 14.2 Å². The van der Waals surface area contributed by atoms with Crippen LogP contribution in [0.15, 0.2) is 53.6 Å². The largest absolute Gasteiger partial charge is 0.455 e. The molecule has 0 aromatic heterocycles. The van der Waals surface area contributed by atoms with Crippen LogP contribution in [-0.2, 0) is 30.4 Å². The number of esters is 1. The van der Waals surface area contributed by atoms with E-state index < -0.39 is 51.9 Å². The smallest absolute Gasteiger partial charge is 0.306 e. The third-order valence-electron chi connectivity index (χ3n) is 11.7. The van der Waals surface area contributed by atoms with Crippen LogP contribution >= 0.6 is 0 Å². The van der Waals surface area contributed by atoms with Crippen LogP contribution < -0.4 is 0 Å². The van der Waals surface area contributed by atoms with E-state index in [1.54, 1.807) is 13.0 Å². The predicted molar refractivity (Wildman–Crippen MR) is 174 cm³/mol. The van der Waals surface area contributed by atoms with Crippen molar-refractivity contribution in [1.29, 1.82) is 0 Å². The van der Waals surface area contributed by atoms with Gasteiger partial charge in [-0.3, -0.25) is 9.59 Å². The molecule has 0 saturated heterocycles. The Balaban J connectivity index is 1.44. The molecule has 0 aliphatic heterocycles. The van der Waals surface area contributed by atoms with Gasteiger partial charge in [-0.15, -0.1) is 0 Å². The van der Waals surface area contributed by atoms with Crippen LogP contribution in [0.5, 0.6) is 0 Å². The Labute approximate surface area is 274 Å². The van der Waals surface area contributed by atoms with Crippen LogP contribution in [0.25, 0.3) is 0 Å². The first kappa shape index (κ1) is 35.0. The molecule has 3 N–H and O–H groups in total. The number of hydrogen-bond acceptors (Lipinski definition) is 8. The third kappa shape index (κ3) is 5.83. The molecule has 1 aromatic rings. The highest BCUT2D eigenvalue weighted by Gasteiger charge is 2.87. The van der Waals surface area contributed by atoms with E-state index in [-0.39, 0.29) is 31.7 Å². The Morgan fingerprint density at radius 3 is 2.35 bits per heavy atom. The number of benzene rings is 1. The first-order valence-corrected chi connectivity index (χ1v) is 17.3. The van der Waals surface area contributed by atoms with E-state index in [2.05, 4.69) is 6.92 Å². The second kappa shape index (κ2) is 13.6. The van der Waals surface area contributed by atoms with Gasteiger partial charge in [-0.2, -0.15) is 0 Å². The quantitative estimate of drug-likeness (QED) is 0.0951. The van der Waals surface area contributed by atoms with E-state index in [0.717, 1.165) is 24.8 Å². The molecule has 5 rings (SSSR count). The summed E-state index contributed by atoms with van der Waals surface area (Å²) in [6.45, 7) is 9.65. The van der Waals surface area contributed by atoms with E-state index in [9.17, 15) is 24.9 Å². The van der Waals surface area contributed by atoms with Crippen molar-refractivity contribution >= 4 is 11.8 Å². The maximum atomic E-state index is 13.6. The molecule has 4 aliphatic rings. The van der Waals surface area contributed by atoms with Crippen molar-refractivity contribution in [3.8, 4) is 0 Å². The van der Waals surface area contributed by atoms with Gasteiger partial charge in [0.25, 0.3) is 0 Å². The van der Waals surface area contributed by atoms with Crippen molar-refractivity contribution < 1.29 is 39.1 Å². The molecule has 8 atom stereocenters. The fraction of sp³-hybridized carbons (Fsp3) is 0.684. The van der Waals surface area contributed by atoms with E-state index >= 15 is 0 Å². The van der Waals surface area contributed by atoms with Gasteiger partial charge in [0.05, 0.1) is 18.8 Å². The summed E-state index contributed by atoms with van der Waals surface area (Å²) in [5.74, 6) is -3.32. The standard InChI is InChI=1S/C38H54O8/c1-6-7-8-9-10-11-15-18-31(40)46-38-32(35(38,4)5)29-20-28(22-39)21-36(42)30(19-25(2)33(36)41)37(29,43)26(3)34(38)45-24-44-23-27-16-13-12-14-17-27/h12-14,16-17,19-20,26,29-30,32,34,39,42-43H,6-11,15,18,21-24H2,1-5H3/t26-,29+,30-,32-,34-,36-,37-,38-/m1/s1. The SMILES string of the molecule is CCCCCCCCCC(=O)O[C@@]12[C@H](OCOCc3ccccc3)[C@@H](C)[C@@]3(O)[C@@H](C=C(CO)C[C@]4(O)C(=O)C(C)=C[C@@H]34)[C@@H]1C2(C)C. The molecule has 0 radical (unpaired) electrons. The van der Waals surface area contributed by atoms with Crippen LogP contribution in [0.4, 0.5) is 0 Å². The number of fused-ring (bicyclic) bond motifs is 5. The Kier molecular flexibility index (Phi) is 10.4. The minimum Gasteiger partial charge on any atom is -0.455 e. The van der Waals surface area contributed by atoms with Gasteiger partial charge >= 0.3 is 5.97 Å². The van der Waals surface area contributed by atoms with E-state index in [1.807, 2.05) is 57.2 Å². The summed E-state index contributed by atoms with van der Waals surface area (Å²) >= 11 is 0. The number of rotatable bonds is 15. The molecule has 8 nitrogen and oxygen atoms in total. The van der Waals surface area contributed by atoms with E-state index in [1.165, 1.54) is 25.7 Å². The van der Waals surface area contributed by atoms with Gasteiger partial charge < -0.3 is 29.5 Å². The topological polar surface area (TPSA) is 123 Å². The minimum atomic E-state index is -1.89. The first-order valence-electron chi connectivity index (χ1n) is 17.3. The zero-order chi connectivity index (χ0) is 33.3. The van der Waals surface area contributed by atoms with Crippen LogP contribution in [0, 0.1) is 29.1 Å². The molecule has 4 aliphatic carbocycles. The fourth-order valence-electron chi connectivity index (χ4n) is 9.22. The molecule has 0 amide bonds. The highest BCUT2D eigenvalue weighted by molar-refractivity contribution is 6.04. The van der Waals surface area contributed by atoms with Gasteiger partial charge in [0.15, 0.2) is 5.78 Å². The minimum absolute atomic E-state index is 0.0731. The van der Waals surface area contributed by atoms with Crippen molar-refractivity contribution in [2.24, 2.45) is 29.1 Å². The average molecular weight is 639 g/mol. The molecular formula is C38H54O8. The van der Waals surface area contributed by atoms with Crippen LogP contribution in [0.2, 0.25) is 0 Å². The molecule has 0 bridgehead atoms. The fourth-order valence-corrected chi connectivity index (χ4v) is 9.22. The van der Waals surface area contributed by atoms with Gasteiger partial charge in [0, 0.05) is 41.9 Å². The molecule has 2 saturated carbocycles. The number of aliphatic hydroxyl groups is 3. The summed E-state index contributed by atoms with van der Waals surface area (Å²) in [7, 11) is 0. The van der Waals surface area contributed by atoms with Crippen molar-refractivity contribution in [2.45, 2.75) is 122 Å². The number of ether oxygens (including phenoxy) is 3. The first-order chi connectivity index (χ1) is 21.9. The lowest BCUT2D eigenvalue weighted by Gasteiger charge is -2.53. The van der Waals surface area contributed by atoms with Crippen molar-refractivity contribution in [3.05, 3.63) is 59.2 Å². The summed E-state index contributed by atoms with van der Waals surface area (Å²) in [6, 6.07) is 9.75. The molecule has 0 spiro atoms. The lowest BCUT2D eigenvalue weighted by Crippen LogP contribution is -2.66. The summed E-state index contributed by atoms with van der Waals surface area (Å²) in [4.78, 5) is 27.0. The molecule has 8 heteroatoms. The van der Waals surface area contributed by atoms with Crippen molar-refractivity contribution in [3.63, 3.8) is 0 Å². The Hall–Kier alpha value is -2.36. The van der Waals surface area contributed by atoms with E-state index in [0.29, 0.717) is 24.2 Å². The maximum Gasteiger partial charge on any atom is 0.306 e. The third-order valence-corrected chi connectivity index (χ3v) is 11.7. The van der Waals surface area contributed by atoms with Crippen LogP contribution in [0.1, 0.15) is 98.0 Å². The number of ketones is 1. The average Bonchev–Trinajstić information content (AvgIpc) is 3.45. The number of hydrogen-bond donors (Lipinski definition) is 3. The second-order valence-corrected chi connectivity index (χ2v) is 14.8. The molecule has 0 unspecified atom stereocenters. The zero-order valence-electron chi connectivity index (χ0n) is 28.3. The van der Waals surface area contributed by atoms with Gasteiger partial charge in [-0.05, 0) is 30.1 Å². The molecule has 2 fully saturated rings. The highest BCUT2D eigenvalue weighted by Crippen LogP contribution is 2.77. The summed E-state index contributed by atoms with van der Waals surface area (Å²) in [5, 5.41) is 35.2. The number of aliphatic hydroxyl groups excluding tert-OH is 1. The van der Waals surface area contributed by atoms with Crippen LogP contribution in [0.3, 0.4) is 0 Å². The molecular weight excluding hydrogens is 584 g/mol. The Morgan fingerprint density at radius 1 is 1.00 bits per heavy atom. The Morgan fingerprint density at radius 2 is 1.67 bits per heavy atom. The molecule has 46 heavy (non-hydrogen) atoms. The summed E-state index contributed by atoms with van der Waals surface area (Å²) in [5.41, 5.74) is -3.33. The van der Waals surface area contributed by atoms with Gasteiger partial charge in [-0.25, -0.2) is 0 Å². The number of unbranched alkanes of at least 4 members (excludes halogenated alkanes) is 6. The summed E-state index contributed by atoms with van der Waals surface area (Å²) in [6.07, 6.45) is 10.6. The monoisotopic (exact) mass is 638 g/mol. The lowest BCUT2D eigenvalue weighted by atomic mass is 9.59. The molecule has 254 valence electrons. The lowest BCUT2D eigenvalue weighted by molar-refractivity contribution is -0.246. The number of Topliss-reactive ketones (excluding diaryl/α,β-unsaturated/α-hetero) is 1. The predicted octanol–water partition coefficient (Wildman–Crippen LogP) is 5.82. The van der Waals surface area contributed by atoms with Gasteiger partial charge in [0.2, 0.25) is 0 Å². The van der Waals surface area contributed by atoms with Gasteiger partial charge in [-0.1, -0.05) is 109 Å². The van der Waals surface area contributed by atoms with Crippen LogP contribution in [-0.4, -0.2) is 63.4 Å². The molecule has 1 aromatic carbocycles. The normalized spacial score (nSPS) is 35.7. The van der Waals surface area contributed by atoms with Gasteiger partial charge in [0.1, 0.15) is 24.1 Å². The van der Waals surface area contributed by atoms with Crippen molar-refractivity contribution in [2.75, 3.05) is 13.4 Å². The number of carbonyl (C=O) groups is 2. The second-order valence-electron chi connectivity index (χ2n) is 14.8. The summed E-state index contributed by atoms with van der Waals surface area (Å²) < 4.78 is 19.0. The number of carbonyl (C=O) groups excluding carboxylic acids is 2. The van der Waals surface area contributed by atoms with Crippen molar-refractivity contribution in [1.82, 2.24) is 0 Å². The Bertz CT molecular complexity index is 1320.